The van der Waals surface area contributed by atoms with Crippen molar-refractivity contribution < 1.29 is 17.6 Å². The van der Waals surface area contributed by atoms with Crippen LogP contribution in [0.5, 0.6) is 0 Å². The van der Waals surface area contributed by atoms with Crippen LogP contribution in [0.2, 0.25) is 0 Å². The molecule has 2 aromatic rings. The lowest BCUT2D eigenvalue weighted by Gasteiger charge is -2.22. The van der Waals surface area contributed by atoms with E-state index in [-0.39, 0.29) is 24.4 Å². The van der Waals surface area contributed by atoms with Gasteiger partial charge in [0.25, 0.3) is 0 Å². The summed E-state index contributed by atoms with van der Waals surface area (Å²) in [5, 5.41) is 10.4. The molecule has 0 saturated carbocycles. The van der Waals surface area contributed by atoms with Gasteiger partial charge in [0.1, 0.15) is 5.82 Å². The van der Waals surface area contributed by atoms with Crippen molar-refractivity contribution in [3.63, 3.8) is 0 Å². The molecule has 0 saturated heterocycles. The lowest BCUT2D eigenvalue weighted by molar-refractivity contribution is -0.120. The molecule has 0 spiro atoms. The van der Waals surface area contributed by atoms with Crippen molar-refractivity contribution in [1.29, 1.82) is 0 Å². The molecule has 2 rings (SSSR count). The van der Waals surface area contributed by atoms with Crippen LogP contribution in [0.25, 0.3) is 0 Å². The van der Waals surface area contributed by atoms with E-state index in [0.717, 1.165) is 8.78 Å². The van der Waals surface area contributed by atoms with E-state index in [1.54, 1.807) is 12.1 Å². The molecule has 25 heavy (non-hydrogen) atoms. The molecule has 0 fully saturated rings. The summed E-state index contributed by atoms with van der Waals surface area (Å²) >= 11 is 3.24. The number of nitrogens with one attached hydrogen (secondary N) is 1. The Morgan fingerprint density at radius 1 is 1.12 bits per heavy atom. The van der Waals surface area contributed by atoms with Gasteiger partial charge in [-0.05, 0) is 42.0 Å². The van der Waals surface area contributed by atoms with Crippen molar-refractivity contribution in [3.8, 4) is 0 Å². The van der Waals surface area contributed by atoms with E-state index in [2.05, 4.69) is 15.9 Å². The molecule has 0 unspecified atom stereocenters. The van der Waals surface area contributed by atoms with Gasteiger partial charge in [-0.2, -0.15) is 4.31 Å². The summed E-state index contributed by atoms with van der Waals surface area (Å²) in [7, 11) is -3.89. The van der Waals surface area contributed by atoms with E-state index in [0.29, 0.717) is 5.56 Å². The van der Waals surface area contributed by atoms with Gasteiger partial charge in [0.2, 0.25) is 15.9 Å². The molecule has 0 aliphatic rings. The molecule has 2 aromatic carbocycles. The number of amides is 1. The number of carbonyl (C=O) groups excluding carboxylic acids is 1. The first kappa shape index (κ1) is 19.5. The van der Waals surface area contributed by atoms with Gasteiger partial charge in [0, 0.05) is 24.0 Å². The third-order valence-corrected chi connectivity index (χ3v) is 5.81. The van der Waals surface area contributed by atoms with Gasteiger partial charge in [-0.1, -0.05) is 28.1 Å². The number of rotatable bonds is 7. The summed E-state index contributed by atoms with van der Waals surface area (Å²) in [5.74, 6) is -1.24. The topological polar surface area (TPSA) is 89.5 Å². The van der Waals surface area contributed by atoms with Gasteiger partial charge in [0.05, 0.1) is 4.90 Å². The van der Waals surface area contributed by atoms with Crippen LogP contribution in [0.4, 0.5) is 4.39 Å². The Labute approximate surface area is 153 Å². The fourth-order valence-corrected chi connectivity index (χ4v) is 3.80. The molecular weight excluding hydrogens is 415 g/mol. The molecule has 6 nitrogen and oxygen atoms in total. The number of sulfonamides is 1. The van der Waals surface area contributed by atoms with Crippen molar-refractivity contribution in [1.82, 2.24) is 9.79 Å². The Kier molecular flexibility index (Phi) is 6.65. The second kappa shape index (κ2) is 8.52. The highest BCUT2D eigenvalue weighted by molar-refractivity contribution is 9.10. The molecule has 0 aliphatic heterocycles. The van der Waals surface area contributed by atoms with Crippen LogP contribution in [0.1, 0.15) is 12.0 Å². The molecule has 0 aromatic heterocycles. The van der Waals surface area contributed by atoms with E-state index in [1.165, 1.54) is 41.9 Å². The van der Waals surface area contributed by atoms with E-state index in [9.17, 15) is 22.8 Å². The number of hydroxylamine groups is 1. The normalized spacial score (nSPS) is 11.5. The summed E-state index contributed by atoms with van der Waals surface area (Å²) in [4.78, 5) is 11.3. The SMILES string of the molecule is O=C(CCN(Cc1ccc(F)cc1)S(=O)(=O)c1ccc(Br)cc1)N[O-]. The molecule has 0 aliphatic carbocycles. The standard InChI is InChI=1S/C16H15BrFN2O4S/c17-13-3-7-15(8-4-13)25(23,24)20(10-9-16(21)19-22)11-12-1-5-14(18)6-2-12/h1-8H,9-11H2,(H-,19,21,22)/q-1. The molecular formula is C16H15BrFN2O4S-. The van der Waals surface area contributed by atoms with Crippen LogP contribution in [-0.2, 0) is 21.4 Å². The summed E-state index contributed by atoms with van der Waals surface area (Å²) in [6.07, 6.45) is -0.277. The number of hydrogen-bond donors (Lipinski definition) is 1. The van der Waals surface area contributed by atoms with Crippen molar-refractivity contribution in [2.75, 3.05) is 6.54 Å². The molecule has 134 valence electrons. The number of carbonyl (C=O) groups is 1. The molecule has 0 bridgehead atoms. The van der Waals surface area contributed by atoms with Gasteiger partial charge >= 0.3 is 0 Å². The average Bonchev–Trinajstić information content (AvgIpc) is 2.60. The Morgan fingerprint density at radius 3 is 2.28 bits per heavy atom. The van der Waals surface area contributed by atoms with Gasteiger partial charge in [-0.15, -0.1) is 0 Å². The van der Waals surface area contributed by atoms with Crippen LogP contribution in [-0.4, -0.2) is 25.2 Å². The molecule has 1 N–H and O–H groups in total. The molecule has 0 radical (unpaired) electrons. The largest absolute Gasteiger partial charge is 0.759 e. The fourth-order valence-electron chi connectivity index (χ4n) is 2.11. The minimum atomic E-state index is -3.89. The van der Waals surface area contributed by atoms with Crippen LogP contribution < -0.4 is 5.48 Å². The minimum Gasteiger partial charge on any atom is -0.759 e. The Balaban J connectivity index is 2.30. The predicted octanol–water partition coefficient (Wildman–Crippen LogP) is 2.78. The second-order valence-corrected chi connectivity index (χ2v) is 8.05. The lowest BCUT2D eigenvalue weighted by Crippen LogP contribution is -2.34. The lowest BCUT2D eigenvalue weighted by atomic mass is 10.2. The predicted molar refractivity (Wildman–Crippen MR) is 94.3 cm³/mol. The van der Waals surface area contributed by atoms with Crippen molar-refractivity contribution in [2.24, 2.45) is 0 Å². The van der Waals surface area contributed by atoms with Crippen LogP contribution in [0, 0.1) is 11.0 Å². The molecule has 0 atom stereocenters. The van der Waals surface area contributed by atoms with Gasteiger partial charge < -0.3 is 10.7 Å². The smallest absolute Gasteiger partial charge is 0.243 e. The number of nitrogens with zero attached hydrogens (tertiary/aromatic N) is 1. The summed E-state index contributed by atoms with van der Waals surface area (Å²) < 4.78 is 40.5. The van der Waals surface area contributed by atoms with E-state index >= 15 is 0 Å². The highest BCUT2D eigenvalue weighted by atomic mass is 79.9. The molecule has 9 heteroatoms. The van der Waals surface area contributed by atoms with Crippen LogP contribution >= 0.6 is 15.9 Å². The third kappa shape index (κ3) is 5.33. The first-order valence-electron chi connectivity index (χ1n) is 7.24. The maximum absolute atomic E-state index is 13.0. The highest BCUT2D eigenvalue weighted by Gasteiger charge is 2.25. The summed E-state index contributed by atoms with van der Waals surface area (Å²) in [6, 6.07) is 11.4. The fraction of sp³-hybridized carbons (Fsp3) is 0.188. The zero-order chi connectivity index (χ0) is 18.4. The highest BCUT2D eigenvalue weighted by Crippen LogP contribution is 2.21. The van der Waals surface area contributed by atoms with Crippen LogP contribution in [0.15, 0.2) is 57.9 Å². The van der Waals surface area contributed by atoms with Gasteiger partial charge in [-0.3, -0.25) is 4.79 Å². The minimum absolute atomic E-state index is 0.0508. The van der Waals surface area contributed by atoms with E-state index in [4.69, 9.17) is 0 Å². The van der Waals surface area contributed by atoms with Gasteiger partial charge in [0.15, 0.2) is 0 Å². The zero-order valence-electron chi connectivity index (χ0n) is 13.0. The Morgan fingerprint density at radius 2 is 1.72 bits per heavy atom. The first-order valence-corrected chi connectivity index (χ1v) is 9.47. The Bertz CT molecular complexity index is 826. The maximum Gasteiger partial charge on any atom is 0.243 e. The average molecular weight is 430 g/mol. The number of hydrogen-bond acceptors (Lipinski definition) is 4. The number of benzene rings is 2. The summed E-state index contributed by atoms with van der Waals surface area (Å²) in [6.45, 7) is -0.228. The van der Waals surface area contributed by atoms with E-state index in [1.807, 2.05) is 0 Å². The maximum atomic E-state index is 13.0. The second-order valence-electron chi connectivity index (χ2n) is 5.19. The van der Waals surface area contributed by atoms with Crippen molar-refractivity contribution in [2.45, 2.75) is 17.9 Å². The number of halogens is 2. The summed E-state index contributed by atoms with van der Waals surface area (Å²) in [5.41, 5.74) is 1.78. The molecule has 1 amide bonds. The molecule has 0 heterocycles. The monoisotopic (exact) mass is 429 g/mol. The van der Waals surface area contributed by atoms with Crippen molar-refractivity contribution >= 4 is 31.9 Å². The zero-order valence-corrected chi connectivity index (χ0v) is 15.4. The van der Waals surface area contributed by atoms with Crippen LogP contribution in [0.3, 0.4) is 0 Å². The first-order chi connectivity index (χ1) is 11.8. The quantitative estimate of drug-likeness (QED) is 0.685. The van der Waals surface area contributed by atoms with E-state index < -0.39 is 21.7 Å². The third-order valence-electron chi connectivity index (χ3n) is 3.43. The van der Waals surface area contributed by atoms with Gasteiger partial charge in [-0.25, -0.2) is 12.8 Å². The van der Waals surface area contributed by atoms with Crippen molar-refractivity contribution in [3.05, 3.63) is 69.6 Å². The Hall–Kier alpha value is -1.81.